The number of anilines is 1. The van der Waals surface area contributed by atoms with E-state index in [2.05, 4.69) is 36.1 Å². The Morgan fingerprint density at radius 3 is 2.68 bits per heavy atom. The van der Waals surface area contributed by atoms with E-state index < -0.39 is 0 Å². The average molecular weight is 379 g/mol. The maximum Gasteiger partial charge on any atom is 0.336 e. The lowest BCUT2D eigenvalue weighted by molar-refractivity contribution is -0.900. The molecular formula is C23H27N2O3+. The summed E-state index contributed by atoms with van der Waals surface area (Å²) in [5.41, 5.74) is 3.82. The van der Waals surface area contributed by atoms with Gasteiger partial charge in [0.1, 0.15) is 24.5 Å². The summed E-state index contributed by atoms with van der Waals surface area (Å²) in [5.74, 6) is 0.749. The number of piperazine rings is 1. The first-order valence-corrected chi connectivity index (χ1v) is 9.91. The Balaban J connectivity index is 1.29. The van der Waals surface area contributed by atoms with Crippen LogP contribution in [0.1, 0.15) is 11.1 Å². The van der Waals surface area contributed by atoms with Crippen molar-refractivity contribution in [3.05, 3.63) is 70.1 Å². The molecule has 3 aromatic rings. The summed E-state index contributed by atoms with van der Waals surface area (Å²) in [6.07, 6.45) is 0. The minimum Gasteiger partial charge on any atom is -0.488 e. The topological polar surface area (TPSA) is 47.1 Å². The predicted molar refractivity (Wildman–Crippen MR) is 112 cm³/mol. The van der Waals surface area contributed by atoms with Crippen molar-refractivity contribution < 1.29 is 14.1 Å². The normalized spacial score (nSPS) is 15.1. The predicted octanol–water partition coefficient (Wildman–Crippen LogP) is 2.19. The Kier molecular flexibility index (Phi) is 5.35. The Morgan fingerprint density at radius 1 is 1.07 bits per heavy atom. The third-order valence-corrected chi connectivity index (χ3v) is 5.48. The highest BCUT2D eigenvalue weighted by Gasteiger charge is 2.20. The van der Waals surface area contributed by atoms with Gasteiger partial charge in [-0.3, -0.25) is 0 Å². The van der Waals surface area contributed by atoms with Crippen LogP contribution in [0.4, 0.5) is 5.69 Å². The number of nitrogens with one attached hydrogen (secondary N) is 1. The molecule has 1 saturated heterocycles. The molecular weight excluding hydrogens is 352 g/mol. The Bertz CT molecular complexity index is 1020. The number of nitrogens with zero attached hydrogens (tertiary/aromatic N) is 1. The zero-order chi connectivity index (χ0) is 19.5. The molecule has 0 aliphatic carbocycles. The van der Waals surface area contributed by atoms with Crippen molar-refractivity contribution in [1.29, 1.82) is 0 Å². The summed E-state index contributed by atoms with van der Waals surface area (Å²) in [4.78, 5) is 15.6. The summed E-state index contributed by atoms with van der Waals surface area (Å²) in [5, 5.41) is 0.949. The van der Waals surface area contributed by atoms with Crippen LogP contribution >= 0.6 is 0 Å². The Hall–Kier alpha value is -2.79. The van der Waals surface area contributed by atoms with Crippen LogP contribution in [-0.2, 0) is 0 Å². The quantitative estimate of drug-likeness (QED) is 0.691. The number of hydrogen-bond acceptors (Lipinski definition) is 4. The zero-order valence-corrected chi connectivity index (χ0v) is 16.5. The number of fused-ring (bicyclic) bond motifs is 1. The van der Waals surface area contributed by atoms with Crippen molar-refractivity contribution in [2.75, 3.05) is 44.2 Å². The molecule has 0 saturated carbocycles. The molecule has 4 rings (SSSR count). The fourth-order valence-electron chi connectivity index (χ4n) is 3.86. The molecule has 2 heterocycles. The number of aryl methyl sites for hydroxylation is 2. The van der Waals surface area contributed by atoms with E-state index in [4.69, 9.17) is 9.15 Å². The Morgan fingerprint density at radius 2 is 1.89 bits per heavy atom. The van der Waals surface area contributed by atoms with Crippen LogP contribution in [0.2, 0.25) is 0 Å². The van der Waals surface area contributed by atoms with Crippen LogP contribution in [0.3, 0.4) is 0 Å². The lowest BCUT2D eigenvalue weighted by Gasteiger charge is -2.33. The molecule has 0 atom stereocenters. The second kappa shape index (κ2) is 8.07. The van der Waals surface area contributed by atoms with Gasteiger partial charge < -0.3 is 19.0 Å². The third kappa shape index (κ3) is 4.20. The number of quaternary nitrogens is 1. The number of rotatable bonds is 5. The zero-order valence-electron chi connectivity index (χ0n) is 16.5. The maximum atomic E-state index is 11.6. The fraction of sp³-hybridized carbons (Fsp3) is 0.348. The summed E-state index contributed by atoms with van der Waals surface area (Å²) >= 11 is 0. The molecule has 2 aromatic carbocycles. The third-order valence-electron chi connectivity index (χ3n) is 5.48. The van der Waals surface area contributed by atoms with Crippen molar-refractivity contribution in [3.63, 3.8) is 0 Å². The van der Waals surface area contributed by atoms with Crippen LogP contribution in [0.25, 0.3) is 11.0 Å². The van der Waals surface area contributed by atoms with Crippen molar-refractivity contribution in [1.82, 2.24) is 0 Å². The first kappa shape index (κ1) is 18.6. The molecule has 0 unspecified atom stereocenters. The lowest BCUT2D eigenvalue weighted by Crippen LogP contribution is -3.15. The largest absolute Gasteiger partial charge is 0.488 e. The van der Waals surface area contributed by atoms with E-state index in [9.17, 15) is 4.79 Å². The minimum absolute atomic E-state index is 0.321. The summed E-state index contributed by atoms with van der Waals surface area (Å²) in [6.45, 7) is 10.0. The minimum atomic E-state index is -0.321. The highest BCUT2D eigenvalue weighted by molar-refractivity contribution is 5.81. The van der Waals surface area contributed by atoms with E-state index in [1.807, 2.05) is 25.1 Å². The van der Waals surface area contributed by atoms with Gasteiger partial charge in [-0.2, -0.15) is 0 Å². The smallest absolute Gasteiger partial charge is 0.336 e. The standard InChI is InChI=1S/C23H26N2O3/c1-17-4-3-5-19(14-17)25-10-8-24(9-11-25)12-13-27-20-6-7-21-18(2)15-23(26)28-22(21)16-20/h3-7,14-16H,8-13H2,1-2H3/p+1. The van der Waals surface area contributed by atoms with Crippen molar-refractivity contribution in [3.8, 4) is 5.75 Å². The summed E-state index contributed by atoms with van der Waals surface area (Å²) < 4.78 is 11.2. The van der Waals surface area contributed by atoms with Gasteiger partial charge in [0.05, 0.1) is 26.2 Å². The van der Waals surface area contributed by atoms with Crippen molar-refractivity contribution in [2.24, 2.45) is 0 Å². The molecule has 0 bridgehead atoms. The molecule has 0 radical (unpaired) electrons. The second-order valence-corrected chi connectivity index (χ2v) is 7.58. The van der Waals surface area contributed by atoms with E-state index in [1.165, 1.54) is 17.3 Å². The van der Waals surface area contributed by atoms with Gasteiger partial charge in [0.15, 0.2) is 0 Å². The molecule has 5 heteroatoms. The number of benzene rings is 2. The second-order valence-electron chi connectivity index (χ2n) is 7.58. The summed E-state index contributed by atoms with van der Waals surface area (Å²) in [6, 6.07) is 16.0. The molecule has 28 heavy (non-hydrogen) atoms. The molecule has 1 N–H and O–H groups in total. The van der Waals surface area contributed by atoms with Gasteiger partial charge in [-0.05, 0) is 49.2 Å². The van der Waals surface area contributed by atoms with Gasteiger partial charge in [-0.25, -0.2) is 4.79 Å². The van der Waals surface area contributed by atoms with E-state index in [0.717, 1.165) is 49.4 Å². The first-order chi connectivity index (χ1) is 13.6. The van der Waals surface area contributed by atoms with Gasteiger partial charge in [0.25, 0.3) is 0 Å². The highest BCUT2D eigenvalue weighted by Crippen LogP contribution is 2.22. The fourth-order valence-corrected chi connectivity index (χ4v) is 3.86. The average Bonchev–Trinajstić information content (AvgIpc) is 2.68. The molecule has 1 aromatic heterocycles. The molecule has 1 aliphatic rings. The van der Waals surface area contributed by atoms with Gasteiger partial charge in [0, 0.05) is 23.2 Å². The lowest BCUT2D eigenvalue weighted by atomic mass is 10.1. The molecule has 1 fully saturated rings. The van der Waals surface area contributed by atoms with Crippen molar-refractivity contribution >= 4 is 16.7 Å². The molecule has 0 amide bonds. The van der Waals surface area contributed by atoms with Crippen LogP contribution in [0.15, 0.2) is 57.7 Å². The molecule has 146 valence electrons. The first-order valence-electron chi connectivity index (χ1n) is 9.91. The van der Waals surface area contributed by atoms with Crippen LogP contribution in [0.5, 0.6) is 5.75 Å². The van der Waals surface area contributed by atoms with Crippen LogP contribution in [0, 0.1) is 13.8 Å². The van der Waals surface area contributed by atoms with Crippen molar-refractivity contribution in [2.45, 2.75) is 13.8 Å². The van der Waals surface area contributed by atoms with Gasteiger partial charge >= 0.3 is 5.63 Å². The number of hydrogen-bond donors (Lipinski definition) is 1. The number of ether oxygens (including phenoxy) is 1. The van der Waals surface area contributed by atoms with E-state index >= 15 is 0 Å². The monoisotopic (exact) mass is 379 g/mol. The van der Waals surface area contributed by atoms with E-state index in [0.29, 0.717) is 12.2 Å². The van der Waals surface area contributed by atoms with Crippen LogP contribution < -0.4 is 20.2 Å². The Labute approximate surface area is 165 Å². The van der Waals surface area contributed by atoms with Gasteiger partial charge in [0.2, 0.25) is 0 Å². The molecule has 0 spiro atoms. The van der Waals surface area contributed by atoms with Gasteiger partial charge in [-0.1, -0.05) is 12.1 Å². The van der Waals surface area contributed by atoms with E-state index in [-0.39, 0.29) is 5.63 Å². The summed E-state index contributed by atoms with van der Waals surface area (Å²) in [7, 11) is 0. The highest BCUT2D eigenvalue weighted by atomic mass is 16.5. The van der Waals surface area contributed by atoms with Crippen LogP contribution in [-0.4, -0.2) is 39.3 Å². The SMILES string of the molecule is Cc1cccc(N2CC[NH+](CCOc3ccc4c(C)cc(=O)oc4c3)CC2)c1. The van der Waals surface area contributed by atoms with E-state index in [1.54, 1.807) is 4.90 Å². The molecule has 1 aliphatic heterocycles. The maximum absolute atomic E-state index is 11.6. The van der Waals surface area contributed by atoms with Gasteiger partial charge in [-0.15, -0.1) is 0 Å². The molecule has 5 nitrogen and oxygen atoms in total.